The zero-order valence-corrected chi connectivity index (χ0v) is 15.9. The van der Waals surface area contributed by atoms with Gasteiger partial charge in [0.15, 0.2) is 0 Å². The molecule has 0 aromatic carbocycles. The van der Waals surface area contributed by atoms with Crippen LogP contribution in [0.25, 0.3) is 0 Å². The van der Waals surface area contributed by atoms with E-state index >= 15 is 0 Å². The van der Waals surface area contributed by atoms with Crippen molar-refractivity contribution < 1.29 is 19.5 Å². The highest BCUT2D eigenvalue weighted by molar-refractivity contribution is 6.04. The van der Waals surface area contributed by atoms with E-state index in [-0.39, 0.29) is 18.0 Å². The van der Waals surface area contributed by atoms with Gasteiger partial charge in [0.2, 0.25) is 0 Å². The lowest BCUT2D eigenvalue weighted by Gasteiger charge is -2.28. The molecule has 0 amide bonds. The summed E-state index contributed by atoms with van der Waals surface area (Å²) in [7, 11) is 0. The van der Waals surface area contributed by atoms with Crippen LogP contribution in [0.1, 0.15) is 104 Å². The quantitative estimate of drug-likeness (QED) is 0.304. The Labute approximate surface area is 147 Å². The van der Waals surface area contributed by atoms with E-state index in [2.05, 4.69) is 6.92 Å². The van der Waals surface area contributed by atoms with Crippen LogP contribution in [0.3, 0.4) is 0 Å². The number of carbonyl (C=O) groups excluding carboxylic acids is 2. The molecule has 0 aliphatic rings. The molecular weight excluding hydrogens is 304 g/mol. The zero-order valence-electron chi connectivity index (χ0n) is 15.9. The summed E-state index contributed by atoms with van der Waals surface area (Å²) in [5.74, 6) is -0.948. The maximum atomic E-state index is 12.1. The van der Waals surface area contributed by atoms with Gasteiger partial charge in [0.25, 0.3) is 0 Å². The van der Waals surface area contributed by atoms with Gasteiger partial charge in [0, 0.05) is 6.42 Å². The van der Waals surface area contributed by atoms with E-state index in [1.807, 2.05) is 0 Å². The van der Waals surface area contributed by atoms with Crippen LogP contribution in [0.5, 0.6) is 0 Å². The largest absolute Gasteiger partial charge is 0.481 e. The van der Waals surface area contributed by atoms with Gasteiger partial charge >= 0.3 is 5.97 Å². The normalized spacial score (nSPS) is 11.5. The van der Waals surface area contributed by atoms with Crippen molar-refractivity contribution in [3.05, 3.63) is 0 Å². The maximum absolute atomic E-state index is 12.1. The van der Waals surface area contributed by atoms with Crippen molar-refractivity contribution in [1.29, 1.82) is 0 Å². The van der Waals surface area contributed by atoms with Gasteiger partial charge in [-0.3, -0.25) is 14.4 Å². The lowest BCUT2D eigenvalue weighted by Crippen LogP contribution is -2.36. The SMILES string of the molecule is CCCCCCCCCCC(CCCCC(=O)O)(C(C)=O)C(C)=O. The Morgan fingerprint density at radius 2 is 1.12 bits per heavy atom. The molecule has 0 aliphatic heterocycles. The Morgan fingerprint density at radius 1 is 0.708 bits per heavy atom. The summed E-state index contributed by atoms with van der Waals surface area (Å²) >= 11 is 0. The summed E-state index contributed by atoms with van der Waals surface area (Å²) in [5, 5.41) is 8.71. The molecule has 0 aliphatic carbocycles. The summed E-state index contributed by atoms with van der Waals surface area (Å²) in [6.07, 6.45) is 11.8. The van der Waals surface area contributed by atoms with Crippen molar-refractivity contribution in [1.82, 2.24) is 0 Å². The number of aliphatic carboxylic acids is 1. The average Bonchev–Trinajstić information content (AvgIpc) is 2.51. The average molecular weight is 341 g/mol. The van der Waals surface area contributed by atoms with Gasteiger partial charge in [-0.1, -0.05) is 64.7 Å². The van der Waals surface area contributed by atoms with Crippen molar-refractivity contribution in [3.63, 3.8) is 0 Å². The molecule has 0 aromatic rings. The number of hydrogen-bond donors (Lipinski definition) is 1. The van der Waals surface area contributed by atoms with E-state index in [0.717, 1.165) is 19.3 Å². The van der Waals surface area contributed by atoms with Crippen LogP contribution in [-0.4, -0.2) is 22.6 Å². The second-order valence-corrected chi connectivity index (χ2v) is 7.02. The number of rotatable bonds is 16. The predicted octanol–water partition coefficient (Wildman–Crippen LogP) is 5.33. The highest BCUT2D eigenvalue weighted by Crippen LogP contribution is 2.34. The van der Waals surface area contributed by atoms with Crippen LogP contribution in [0.2, 0.25) is 0 Å². The summed E-state index contributed by atoms with van der Waals surface area (Å²) in [6.45, 7) is 5.21. The zero-order chi connectivity index (χ0) is 18.4. The Hall–Kier alpha value is -1.19. The van der Waals surface area contributed by atoms with Crippen molar-refractivity contribution >= 4 is 17.5 Å². The standard InChI is InChI=1S/C20H36O4/c1-4-5-6-7-8-9-10-12-15-20(17(2)21,18(3)22)16-13-11-14-19(23)24/h4-16H2,1-3H3,(H,23,24). The summed E-state index contributed by atoms with van der Waals surface area (Å²) in [6, 6.07) is 0. The fraction of sp³-hybridized carbons (Fsp3) is 0.850. The number of carboxylic acids is 1. The summed E-state index contributed by atoms with van der Waals surface area (Å²) < 4.78 is 0. The van der Waals surface area contributed by atoms with Gasteiger partial charge in [-0.05, 0) is 33.1 Å². The third-order valence-electron chi connectivity index (χ3n) is 5.05. The first kappa shape index (κ1) is 22.8. The maximum Gasteiger partial charge on any atom is 0.303 e. The molecule has 0 fully saturated rings. The number of hydrogen-bond acceptors (Lipinski definition) is 3. The number of ketones is 2. The van der Waals surface area contributed by atoms with E-state index < -0.39 is 11.4 Å². The molecule has 1 N–H and O–H groups in total. The first-order valence-corrected chi connectivity index (χ1v) is 9.60. The molecule has 0 aromatic heterocycles. The van der Waals surface area contributed by atoms with Crippen molar-refractivity contribution in [2.75, 3.05) is 0 Å². The molecule has 24 heavy (non-hydrogen) atoms. The Morgan fingerprint density at radius 3 is 1.54 bits per heavy atom. The molecule has 0 unspecified atom stereocenters. The first-order chi connectivity index (χ1) is 11.4. The van der Waals surface area contributed by atoms with Gasteiger partial charge in [-0.2, -0.15) is 0 Å². The van der Waals surface area contributed by atoms with Crippen molar-refractivity contribution in [2.45, 2.75) is 104 Å². The van der Waals surface area contributed by atoms with Crippen LogP contribution in [-0.2, 0) is 14.4 Å². The molecule has 0 heterocycles. The number of unbranched alkanes of at least 4 members (excludes halogenated alkanes) is 8. The molecule has 4 heteroatoms. The highest BCUT2D eigenvalue weighted by Gasteiger charge is 2.38. The lowest BCUT2D eigenvalue weighted by atomic mass is 9.72. The lowest BCUT2D eigenvalue weighted by molar-refractivity contribution is -0.139. The minimum absolute atomic E-state index is 0.0618. The molecule has 0 rings (SSSR count). The molecule has 4 nitrogen and oxygen atoms in total. The fourth-order valence-corrected chi connectivity index (χ4v) is 3.34. The minimum Gasteiger partial charge on any atom is -0.481 e. The van der Waals surface area contributed by atoms with E-state index in [4.69, 9.17) is 5.11 Å². The molecule has 140 valence electrons. The monoisotopic (exact) mass is 340 g/mol. The molecular formula is C20H36O4. The molecule has 0 atom stereocenters. The number of Topliss-reactive ketones (excluding diaryl/α,β-unsaturated/α-hetero) is 2. The van der Waals surface area contributed by atoms with E-state index in [1.54, 1.807) is 0 Å². The molecule has 0 bridgehead atoms. The van der Waals surface area contributed by atoms with Gasteiger partial charge in [-0.25, -0.2) is 0 Å². The second kappa shape index (κ2) is 13.1. The third-order valence-corrected chi connectivity index (χ3v) is 5.05. The number of carboxylic acid groups (broad SMARTS) is 1. The van der Waals surface area contributed by atoms with Crippen LogP contribution in [0, 0.1) is 5.41 Å². The highest BCUT2D eigenvalue weighted by atomic mass is 16.4. The molecule has 0 saturated carbocycles. The fourth-order valence-electron chi connectivity index (χ4n) is 3.34. The van der Waals surface area contributed by atoms with Gasteiger partial charge < -0.3 is 5.11 Å². The third kappa shape index (κ3) is 9.19. The first-order valence-electron chi connectivity index (χ1n) is 9.60. The number of carbonyl (C=O) groups is 3. The van der Waals surface area contributed by atoms with Gasteiger partial charge in [0.05, 0.1) is 5.41 Å². The molecule has 0 spiro atoms. The smallest absolute Gasteiger partial charge is 0.303 e. The van der Waals surface area contributed by atoms with Gasteiger partial charge in [0.1, 0.15) is 11.6 Å². The van der Waals surface area contributed by atoms with Crippen LogP contribution < -0.4 is 0 Å². The topological polar surface area (TPSA) is 71.4 Å². The minimum atomic E-state index is -0.888. The van der Waals surface area contributed by atoms with Crippen LogP contribution in [0.4, 0.5) is 0 Å². The summed E-state index contributed by atoms with van der Waals surface area (Å²) in [5.41, 5.74) is -0.888. The van der Waals surface area contributed by atoms with Gasteiger partial charge in [-0.15, -0.1) is 0 Å². The van der Waals surface area contributed by atoms with Crippen LogP contribution in [0.15, 0.2) is 0 Å². The molecule has 0 saturated heterocycles. The molecule has 0 radical (unpaired) electrons. The second-order valence-electron chi connectivity index (χ2n) is 7.02. The van der Waals surface area contributed by atoms with Crippen molar-refractivity contribution in [2.24, 2.45) is 5.41 Å². The Balaban J connectivity index is 4.28. The van der Waals surface area contributed by atoms with Crippen molar-refractivity contribution in [3.8, 4) is 0 Å². The summed E-state index contributed by atoms with van der Waals surface area (Å²) in [4.78, 5) is 34.9. The van der Waals surface area contributed by atoms with E-state index in [9.17, 15) is 14.4 Å². The van der Waals surface area contributed by atoms with Crippen LogP contribution >= 0.6 is 0 Å². The van der Waals surface area contributed by atoms with E-state index in [0.29, 0.717) is 25.7 Å². The van der Waals surface area contributed by atoms with E-state index in [1.165, 1.54) is 46.0 Å². The predicted molar refractivity (Wildman–Crippen MR) is 97.1 cm³/mol. The Kier molecular flexibility index (Phi) is 12.5. The Bertz CT molecular complexity index is 373.